The SMILES string of the molecule is COc1cc(-c2cc3ccc(C#N)cc3n2C2CC2)cnn1. The van der Waals surface area contributed by atoms with E-state index in [1.807, 2.05) is 24.3 Å². The molecule has 108 valence electrons. The lowest BCUT2D eigenvalue weighted by Gasteiger charge is -2.10. The maximum Gasteiger partial charge on any atom is 0.233 e. The average Bonchev–Trinajstić information content (AvgIpc) is 3.34. The number of nitriles is 1. The van der Waals surface area contributed by atoms with Gasteiger partial charge in [-0.2, -0.15) is 10.4 Å². The van der Waals surface area contributed by atoms with Crippen molar-refractivity contribution < 1.29 is 4.74 Å². The largest absolute Gasteiger partial charge is 0.480 e. The van der Waals surface area contributed by atoms with Gasteiger partial charge in [0.1, 0.15) is 0 Å². The maximum absolute atomic E-state index is 9.14. The molecule has 5 nitrogen and oxygen atoms in total. The van der Waals surface area contributed by atoms with Crippen LogP contribution < -0.4 is 4.74 Å². The second-order valence-corrected chi connectivity index (χ2v) is 5.50. The topological polar surface area (TPSA) is 63.7 Å². The summed E-state index contributed by atoms with van der Waals surface area (Å²) in [7, 11) is 1.59. The van der Waals surface area contributed by atoms with Crippen LogP contribution in [0.3, 0.4) is 0 Å². The van der Waals surface area contributed by atoms with Gasteiger partial charge >= 0.3 is 0 Å². The van der Waals surface area contributed by atoms with Crippen LogP contribution in [0.2, 0.25) is 0 Å². The lowest BCUT2D eigenvalue weighted by atomic mass is 10.1. The molecule has 2 heterocycles. The highest BCUT2D eigenvalue weighted by molar-refractivity contribution is 5.88. The van der Waals surface area contributed by atoms with E-state index in [9.17, 15) is 0 Å². The van der Waals surface area contributed by atoms with Crippen molar-refractivity contribution in [3.8, 4) is 23.2 Å². The van der Waals surface area contributed by atoms with Crippen LogP contribution in [-0.2, 0) is 0 Å². The second kappa shape index (κ2) is 4.85. The molecule has 0 amide bonds. The molecule has 22 heavy (non-hydrogen) atoms. The molecule has 1 saturated carbocycles. The van der Waals surface area contributed by atoms with Gasteiger partial charge in [0.25, 0.3) is 0 Å². The van der Waals surface area contributed by atoms with E-state index in [-0.39, 0.29) is 0 Å². The van der Waals surface area contributed by atoms with Crippen molar-refractivity contribution in [1.82, 2.24) is 14.8 Å². The lowest BCUT2D eigenvalue weighted by molar-refractivity contribution is 0.392. The molecular formula is C17H14N4O. The Kier molecular flexibility index (Phi) is 2.83. The molecular weight excluding hydrogens is 276 g/mol. The summed E-state index contributed by atoms with van der Waals surface area (Å²) in [5, 5.41) is 18.2. The zero-order chi connectivity index (χ0) is 15.1. The van der Waals surface area contributed by atoms with Crippen molar-refractivity contribution in [1.29, 1.82) is 5.26 Å². The summed E-state index contributed by atoms with van der Waals surface area (Å²) in [5.74, 6) is 0.503. The maximum atomic E-state index is 9.14. The third-order valence-corrected chi connectivity index (χ3v) is 4.02. The normalized spacial score (nSPS) is 14.0. The van der Waals surface area contributed by atoms with Gasteiger partial charge in [0.2, 0.25) is 5.88 Å². The first-order valence-electron chi connectivity index (χ1n) is 7.22. The minimum atomic E-state index is 0.501. The molecule has 1 aliphatic rings. The fourth-order valence-electron chi connectivity index (χ4n) is 2.83. The van der Waals surface area contributed by atoms with Gasteiger partial charge in [-0.3, -0.25) is 0 Å². The number of hydrogen-bond donors (Lipinski definition) is 0. The third-order valence-electron chi connectivity index (χ3n) is 4.02. The first-order valence-corrected chi connectivity index (χ1v) is 7.22. The summed E-state index contributed by atoms with van der Waals surface area (Å²) < 4.78 is 7.49. The number of benzene rings is 1. The van der Waals surface area contributed by atoms with Gasteiger partial charge in [-0.05, 0) is 31.0 Å². The lowest BCUT2D eigenvalue weighted by Crippen LogP contribution is -1.98. The molecule has 0 unspecified atom stereocenters. The van der Waals surface area contributed by atoms with Crippen molar-refractivity contribution in [2.24, 2.45) is 0 Å². The Balaban J connectivity index is 1.97. The van der Waals surface area contributed by atoms with Crippen LogP contribution in [0, 0.1) is 11.3 Å². The van der Waals surface area contributed by atoms with Crippen LogP contribution in [0.5, 0.6) is 5.88 Å². The summed E-state index contributed by atoms with van der Waals surface area (Å²) in [4.78, 5) is 0. The number of rotatable bonds is 3. The quantitative estimate of drug-likeness (QED) is 0.742. The van der Waals surface area contributed by atoms with Gasteiger partial charge in [0.05, 0.1) is 36.1 Å². The van der Waals surface area contributed by atoms with Crippen LogP contribution in [0.25, 0.3) is 22.2 Å². The molecule has 0 saturated heterocycles. The highest BCUT2D eigenvalue weighted by Gasteiger charge is 2.28. The molecule has 0 atom stereocenters. The van der Waals surface area contributed by atoms with Crippen LogP contribution in [0.15, 0.2) is 36.5 Å². The molecule has 1 aliphatic carbocycles. The molecule has 0 spiro atoms. The Morgan fingerprint density at radius 1 is 1.27 bits per heavy atom. The van der Waals surface area contributed by atoms with Gasteiger partial charge < -0.3 is 9.30 Å². The molecule has 3 aromatic rings. The number of fused-ring (bicyclic) bond motifs is 1. The molecule has 4 rings (SSSR count). The first-order chi connectivity index (χ1) is 10.8. The van der Waals surface area contributed by atoms with Crippen LogP contribution >= 0.6 is 0 Å². The molecule has 5 heteroatoms. The second-order valence-electron chi connectivity index (χ2n) is 5.50. The third kappa shape index (κ3) is 2.01. The van der Waals surface area contributed by atoms with E-state index in [0.717, 1.165) is 22.2 Å². The molecule has 2 aromatic heterocycles. The van der Waals surface area contributed by atoms with E-state index in [2.05, 4.69) is 26.9 Å². The summed E-state index contributed by atoms with van der Waals surface area (Å²) in [6.07, 6.45) is 4.09. The predicted molar refractivity (Wildman–Crippen MR) is 82.5 cm³/mol. The van der Waals surface area contributed by atoms with Crippen molar-refractivity contribution in [2.45, 2.75) is 18.9 Å². The fourth-order valence-corrected chi connectivity index (χ4v) is 2.83. The number of hydrogen-bond acceptors (Lipinski definition) is 4. The summed E-state index contributed by atoms with van der Waals surface area (Å²) in [5.41, 5.74) is 3.87. The minimum absolute atomic E-state index is 0.501. The highest BCUT2D eigenvalue weighted by atomic mass is 16.5. The zero-order valence-corrected chi connectivity index (χ0v) is 12.2. The van der Waals surface area contributed by atoms with Gasteiger partial charge in [0, 0.05) is 23.1 Å². The number of aromatic nitrogens is 3. The monoisotopic (exact) mass is 290 g/mol. The van der Waals surface area contributed by atoms with Crippen molar-refractivity contribution in [2.75, 3.05) is 7.11 Å². The predicted octanol–water partition coefficient (Wildman–Crippen LogP) is 3.31. The van der Waals surface area contributed by atoms with E-state index in [1.165, 1.54) is 12.8 Å². The minimum Gasteiger partial charge on any atom is -0.480 e. The zero-order valence-electron chi connectivity index (χ0n) is 12.2. The molecule has 1 fully saturated rings. The van der Waals surface area contributed by atoms with Gasteiger partial charge in [0.15, 0.2) is 0 Å². The van der Waals surface area contributed by atoms with E-state index >= 15 is 0 Å². The summed E-state index contributed by atoms with van der Waals surface area (Å²) in [6, 6.07) is 12.6. The fraction of sp³-hybridized carbons (Fsp3) is 0.235. The van der Waals surface area contributed by atoms with Crippen molar-refractivity contribution >= 4 is 10.9 Å². The van der Waals surface area contributed by atoms with E-state index in [1.54, 1.807) is 13.3 Å². The summed E-state index contributed by atoms with van der Waals surface area (Å²) in [6.45, 7) is 0. The van der Waals surface area contributed by atoms with Crippen molar-refractivity contribution in [3.63, 3.8) is 0 Å². The van der Waals surface area contributed by atoms with Crippen LogP contribution in [0.4, 0.5) is 0 Å². The Bertz CT molecular complexity index is 903. The first kappa shape index (κ1) is 12.8. The van der Waals surface area contributed by atoms with Gasteiger partial charge in [-0.25, -0.2) is 0 Å². The number of ether oxygens (including phenoxy) is 1. The van der Waals surface area contributed by atoms with E-state index in [4.69, 9.17) is 10.00 Å². The average molecular weight is 290 g/mol. The molecule has 0 bridgehead atoms. The Hall–Kier alpha value is -2.87. The molecule has 1 aromatic carbocycles. The Morgan fingerprint density at radius 3 is 2.86 bits per heavy atom. The smallest absolute Gasteiger partial charge is 0.233 e. The van der Waals surface area contributed by atoms with Crippen LogP contribution in [0.1, 0.15) is 24.4 Å². The van der Waals surface area contributed by atoms with Gasteiger partial charge in [-0.15, -0.1) is 5.10 Å². The van der Waals surface area contributed by atoms with E-state index < -0.39 is 0 Å². The van der Waals surface area contributed by atoms with Gasteiger partial charge in [-0.1, -0.05) is 6.07 Å². The Labute approximate surface area is 127 Å². The molecule has 0 radical (unpaired) electrons. The number of methoxy groups -OCH3 is 1. The van der Waals surface area contributed by atoms with E-state index in [0.29, 0.717) is 17.5 Å². The summed E-state index contributed by atoms with van der Waals surface area (Å²) >= 11 is 0. The highest BCUT2D eigenvalue weighted by Crippen LogP contribution is 2.42. The van der Waals surface area contributed by atoms with Crippen molar-refractivity contribution in [3.05, 3.63) is 42.1 Å². The van der Waals surface area contributed by atoms with Crippen LogP contribution in [-0.4, -0.2) is 21.9 Å². The molecule has 0 aliphatic heterocycles. The standard InChI is InChI=1S/C17H14N4O/c1-22-17-8-13(10-19-20-17)16-7-12-3-2-11(9-18)6-15(12)21(16)14-4-5-14/h2-3,6-8,10,14H,4-5H2,1H3. The molecule has 0 N–H and O–H groups in total. The Morgan fingerprint density at radius 2 is 2.14 bits per heavy atom. The number of nitrogens with zero attached hydrogens (tertiary/aromatic N) is 4.